The van der Waals surface area contributed by atoms with Crippen LogP contribution >= 0.6 is 0 Å². The molecular formula is C14H12O2. The summed E-state index contributed by atoms with van der Waals surface area (Å²) in [6.45, 7) is 0.615. The molecule has 0 N–H and O–H groups in total. The van der Waals surface area contributed by atoms with Crippen molar-refractivity contribution >= 4 is 0 Å². The van der Waals surface area contributed by atoms with Crippen molar-refractivity contribution in [2.24, 2.45) is 0 Å². The summed E-state index contributed by atoms with van der Waals surface area (Å²) in [5, 5.41) is 0. The second kappa shape index (κ2) is 3.56. The number of fused-ring (bicyclic) bond motifs is 3. The fourth-order valence-electron chi connectivity index (χ4n) is 2.05. The summed E-state index contributed by atoms with van der Waals surface area (Å²) in [6, 6.07) is 14.2. The first-order valence-corrected chi connectivity index (χ1v) is 5.27. The normalized spacial score (nSPS) is 12.3. The molecule has 2 nitrogen and oxygen atoms in total. The molecule has 0 radical (unpaired) electrons. The van der Waals surface area contributed by atoms with Crippen LogP contribution in [0.25, 0.3) is 11.1 Å². The van der Waals surface area contributed by atoms with Gasteiger partial charge in [-0.2, -0.15) is 0 Å². The maximum absolute atomic E-state index is 5.69. The third-order valence-corrected chi connectivity index (χ3v) is 2.87. The fraction of sp³-hybridized carbons (Fsp3) is 0.143. The Bertz CT molecular complexity index is 532. The Balaban J connectivity index is 2.18. The van der Waals surface area contributed by atoms with Crippen molar-refractivity contribution in [1.82, 2.24) is 0 Å². The van der Waals surface area contributed by atoms with Gasteiger partial charge in [0.25, 0.3) is 0 Å². The van der Waals surface area contributed by atoms with Crippen molar-refractivity contribution in [3.8, 4) is 22.6 Å². The lowest BCUT2D eigenvalue weighted by Crippen LogP contribution is -2.05. The van der Waals surface area contributed by atoms with E-state index in [0.29, 0.717) is 6.61 Å². The lowest BCUT2D eigenvalue weighted by molar-refractivity contribution is 0.301. The van der Waals surface area contributed by atoms with Crippen LogP contribution in [-0.4, -0.2) is 7.11 Å². The summed E-state index contributed by atoms with van der Waals surface area (Å²) in [4.78, 5) is 0. The highest BCUT2D eigenvalue weighted by atomic mass is 16.5. The van der Waals surface area contributed by atoms with E-state index in [1.807, 2.05) is 30.3 Å². The number of benzene rings is 2. The second-order valence-electron chi connectivity index (χ2n) is 3.81. The van der Waals surface area contributed by atoms with Crippen molar-refractivity contribution < 1.29 is 9.47 Å². The van der Waals surface area contributed by atoms with Crippen LogP contribution in [0, 0.1) is 0 Å². The van der Waals surface area contributed by atoms with Gasteiger partial charge < -0.3 is 9.47 Å². The Hall–Kier alpha value is -1.96. The largest absolute Gasteiger partial charge is 0.497 e. The Labute approximate surface area is 94.4 Å². The maximum Gasteiger partial charge on any atom is 0.127 e. The molecule has 0 amide bonds. The van der Waals surface area contributed by atoms with E-state index in [9.17, 15) is 0 Å². The number of para-hydroxylation sites is 1. The van der Waals surface area contributed by atoms with E-state index < -0.39 is 0 Å². The molecule has 16 heavy (non-hydrogen) atoms. The summed E-state index contributed by atoms with van der Waals surface area (Å²) < 4.78 is 10.9. The first-order chi connectivity index (χ1) is 7.88. The van der Waals surface area contributed by atoms with Gasteiger partial charge in [0.2, 0.25) is 0 Å². The van der Waals surface area contributed by atoms with E-state index >= 15 is 0 Å². The monoisotopic (exact) mass is 212 g/mol. The molecule has 80 valence electrons. The summed E-state index contributed by atoms with van der Waals surface area (Å²) >= 11 is 0. The van der Waals surface area contributed by atoms with Crippen molar-refractivity contribution in [2.75, 3.05) is 7.11 Å². The molecule has 0 aromatic heterocycles. The molecule has 0 unspecified atom stereocenters. The van der Waals surface area contributed by atoms with Crippen molar-refractivity contribution in [3.63, 3.8) is 0 Å². The van der Waals surface area contributed by atoms with Gasteiger partial charge >= 0.3 is 0 Å². The molecule has 0 fully saturated rings. The smallest absolute Gasteiger partial charge is 0.127 e. The van der Waals surface area contributed by atoms with E-state index in [0.717, 1.165) is 17.1 Å². The minimum absolute atomic E-state index is 0.615. The van der Waals surface area contributed by atoms with Crippen molar-refractivity contribution in [2.45, 2.75) is 6.61 Å². The fourth-order valence-corrected chi connectivity index (χ4v) is 2.05. The van der Waals surface area contributed by atoms with Crippen LogP contribution in [-0.2, 0) is 6.61 Å². The Morgan fingerprint density at radius 1 is 1.06 bits per heavy atom. The van der Waals surface area contributed by atoms with E-state index in [1.54, 1.807) is 7.11 Å². The van der Waals surface area contributed by atoms with Gasteiger partial charge in [-0.15, -0.1) is 0 Å². The SMILES string of the molecule is COc1ccc2c(c1)COc1ccccc1-2. The molecule has 1 aliphatic heterocycles. The topological polar surface area (TPSA) is 18.5 Å². The highest BCUT2D eigenvalue weighted by Gasteiger charge is 2.16. The molecule has 0 bridgehead atoms. The number of ether oxygens (including phenoxy) is 2. The Morgan fingerprint density at radius 2 is 1.94 bits per heavy atom. The Morgan fingerprint density at radius 3 is 2.81 bits per heavy atom. The first-order valence-electron chi connectivity index (χ1n) is 5.27. The molecule has 0 saturated heterocycles. The van der Waals surface area contributed by atoms with Gasteiger partial charge in [-0.1, -0.05) is 24.3 Å². The van der Waals surface area contributed by atoms with Gasteiger partial charge in [0.1, 0.15) is 18.1 Å². The van der Waals surface area contributed by atoms with Crippen molar-refractivity contribution in [1.29, 1.82) is 0 Å². The molecule has 1 heterocycles. The Kier molecular flexibility index (Phi) is 2.07. The molecular weight excluding hydrogens is 200 g/mol. The zero-order valence-corrected chi connectivity index (χ0v) is 9.07. The van der Waals surface area contributed by atoms with Crippen LogP contribution in [0.2, 0.25) is 0 Å². The van der Waals surface area contributed by atoms with Gasteiger partial charge in [-0.25, -0.2) is 0 Å². The van der Waals surface area contributed by atoms with Gasteiger partial charge in [0, 0.05) is 11.1 Å². The molecule has 1 aliphatic rings. The first kappa shape index (κ1) is 9.28. The number of hydrogen-bond acceptors (Lipinski definition) is 2. The summed E-state index contributed by atoms with van der Waals surface area (Å²) in [6.07, 6.45) is 0. The molecule has 0 atom stereocenters. The van der Waals surface area contributed by atoms with Gasteiger partial charge in [-0.3, -0.25) is 0 Å². The average Bonchev–Trinajstić information content (AvgIpc) is 2.38. The van der Waals surface area contributed by atoms with Gasteiger partial charge in [0.15, 0.2) is 0 Å². The molecule has 2 heteroatoms. The standard InChI is InChI=1S/C14H12O2/c1-15-11-6-7-12-10(8-11)9-16-14-5-3-2-4-13(12)14/h2-8H,9H2,1H3. The number of methoxy groups -OCH3 is 1. The summed E-state index contributed by atoms with van der Waals surface area (Å²) in [5.74, 6) is 1.84. The van der Waals surface area contributed by atoms with Crippen LogP contribution in [0.1, 0.15) is 5.56 Å². The quantitative estimate of drug-likeness (QED) is 0.722. The predicted octanol–water partition coefficient (Wildman–Crippen LogP) is 3.25. The van der Waals surface area contributed by atoms with Crippen LogP contribution in [0.5, 0.6) is 11.5 Å². The zero-order chi connectivity index (χ0) is 11.0. The molecule has 0 spiro atoms. The number of hydrogen-bond donors (Lipinski definition) is 0. The van der Waals surface area contributed by atoms with E-state index in [4.69, 9.17) is 9.47 Å². The molecule has 0 saturated carbocycles. The third kappa shape index (κ3) is 1.34. The van der Waals surface area contributed by atoms with E-state index in [2.05, 4.69) is 12.1 Å². The van der Waals surface area contributed by atoms with Crippen LogP contribution < -0.4 is 9.47 Å². The second-order valence-corrected chi connectivity index (χ2v) is 3.81. The maximum atomic E-state index is 5.69. The third-order valence-electron chi connectivity index (χ3n) is 2.87. The molecule has 0 aliphatic carbocycles. The number of rotatable bonds is 1. The van der Waals surface area contributed by atoms with E-state index in [1.165, 1.54) is 11.1 Å². The van der Waals surface area contributed by atoms with Crippen LogP contribution in [0.15, 0.2) is 42.5 Å². The lowest BCUT2D eigenvalue weighted by atomic mass is 9.97. The lowest BCUT2D eigenvalue weighted by Gasteiger charge is -2.20. The average molecular weight is 212 g/mol. The molecule has 2 aromatic rings. The van der Waals surface area contributed by atoms with E-state index in [-0.39, 0.29) is 0 Å². The highest BCUT2D eigenvalue weighted by molar-refractivity contribution is 5.75. The zero-order valence-electron chi connectivity index (χ0n) is 9.07. The van der Waals surface area contributed by atoms with Crippen molar-refractivity contribution in [3.05, 3.63) is 48.0 Å². The minimum atomic E-state index is 0.615. The van der Waals surface area contributed by atoms with Crippen LogP contribution in [0.3, 0.4) is 0 Å². The highest BCUT2D eigenvalue weighted by Crippen LogP contribution is 2.38. The molecule has 2 aromatic carbocycles. The summed E-state index contributed by atoms with van der Waals surface area (Å²) in [5.41, 5.74) is 3.58. The van der Waals surface area contributed by atoms with Gasteiger partial charge in [0.05, 0.1) is 7.11 Å². The minimum Gasteiger partial charge on any atom is -0.497 e. The predicted molar refractivity (Wildman–Crippen MR) is 62.8 cm³/mol. The van der Waals surface area contributed by atoms with Gasteiger partial charge in [-0.05, 0) is 23.8 Å². The molecule has 3 rings (SSSR count). The van der Waals surface area contributed by atoms with Crippen LogP contribution in [0.4, 0.5) is 0 Å². The summed E-state index contributed by atoms with van der Waals surface area (Å²) in [7, 11) is 1.68.